The number of aryl methyl sites for hydroxylation is 1. The number of imide groups is 4. The summed E-state index contributed by atoms with van der Waals surface area (Å²) in [5, 5.41) is 36.8. The van der Waals surface area contributed by atoms with Crippen LogP contribution in [-0.4, -0.2) is 155 Å². The summed E-state index contributed by atoms with van der Waals surface area (Å²) < 4.78 is 119. The minimum atomic E-state index is -4.87. The number of hydrogen-bond donors (Lipinski definition) is 13. The molecule has 2 saturated heterocycles. The Morgan fingerprint density at radius 1 is 0.522 bits per heavy atom. The molecule has 12 amide bonds. The molecule has 0 spiro atoms. The number of amides is 12. The molecule has 6 aliphatic rings. The van der Waals surface area contributed by atoms with Crippen LogP contribution in [0.25, 0.3) is 44.1 Å². The minimum absolute atomic E-state index is 0.000321. The van der Waals surface area contributed by atoms with E-state index in [0.717, 1.165) is 71.9 Å². The van der Waals surface area contributed by atoms with Gasteiger partial charge in [0, 0.05) is 90.5 Å². The zero-order valence-electron chi connectivity index (χ0n) is 72.8. The fourth-order valence-corrected chi connectivity index (χ4v) is 15.8. The number of alkyl halides is 6. The summed E-state index contributed by atoms with van der Waals surface area (Å²) in [5.41, 5.74) is 14.7. The first kappa shape index (κ1) is 96.0. The minimum Gasteiger partial charge on any atom is -0.376 e. The number of carbonyl (C=O) groups is 12. The van der Waals surface area contributed by atoms with Crippen molar-refractivity contribution in [3.8, 4) is 34.6 Å². The van der Waals surface area contributed by atoms with Gasteiger partial charge in [-0.3, -0.25) is 92.6 Å². The number of nitrogens with two attached hydrogens (primary N) is 2. The van der Waals surface area contributed by atoms with Gasteiger partial charge in [0.1, 0.15) is 29.4 Å². The van der Waals surface area contributed by atoms with Gasteiger partial charge in [-0.25, -0.2) is 8.78 Å². The van der Waals surface area contributed by atoms with Crippen LogP contribution >= 0.6 is 0 Å². The normalized spacial score (nSPS) is 16.0. The van der Waals surface area contributed by atoms with E-state index in [4.69, 9.17) is 17.7 Å². The van der Waals surface area contributed by atoms with Gasteiger partial charge in [-0.2, -0.15) is 31.9 Å². The molecule has 4 aliphatic heterocycles. The lowest BCUT2D eigenvalue weighted by Crippen LogP contribution is -2.54. The van der Waals surface area contributed by atoms with Crippen molar-refractivity contribution < 1.29 is 98.2 Å². The maximum Gasteiger partial charge on any atom is 0.417 e. The lowest BCUT2D eigenvalue weighted by Gasteiger charge is -2.27. The van der Waals surface area contributed by atoms with Crippen LogP contribution in [0.15, 0.2) is 176 Å². The third kappa shape index (κ3) is 21.6. The number of piperidine rings is 2. The molecule has 2 aliphatic carbocycles. The number of unbranched alkanes of at least 4 members (excludes halogenated alkanes) is 2. The Morgan fingerprint density at radius 3 is 1.36 bits per heavy atom. The Kier molecular flexibility index (Phi) is 29.2. The summed E-state index contributed by atoms with van der Waals surface area (Å²) in [4.78, 5) is 162. The van der Waals surface area contributed by atoms with E-state index in [-0.39, 0.29) is 150 Å². The van der Waals surface area contributed by atoms with Crippen molar-refractivity contribution in [1.29, 1.82) is 5.53 Å². The molecule has 0 bridgehead atoms. The Morgan fingerprint density at radius 2 is 0.956 bits per heavy atom. The predicted octanol–water partition coefficient (Wildman–Crippen LogP) is 12.5. The van der Waals surface area contributed by atoms with E-state index in [1.165, 1.54) is 48.8 Å². The molecule has 32 nitrogen and oxygen atoms in total. The fraction of sp³-hybridized carbons (Fsp3) is 0.271. The van der Waals surface area contributed by atoms with Gasteiger partial charge < -0.3 is 48.3 Å². The Labute approximate surface area is 770 Å². The molecule has 3 aromatic heterocycles. The summed E-state index contributed by atoms with van der Waals surface area (Å²) >= 11 is 0. The zero-order valence-corrected chi connectivity index (χ0v) is 72.8. The van der Waals surface area contributed by atoms with E-state index >= 15 is 8.78 Å². The van der Waals surface area contributed by atoms with Crippen molar-refractivity contribution in [2.45, 2.75) is 146 Å². The van der Waals surface area contributed by atoms with Gasteiger partial charge in [0.25, 0.3) is 47.3 Å². The molecule has 15 N–H and O–H groups in total. The van der Waals surface area contributed by atoms with Crippen LogP contribution in [0.5, 0.6) is 0 Å². The number of hydrogen-bond acceptors (Lipinski definition) is 22. The van der Waals surface area contributed by atoms with Crippen molar-refractivity contribution in [3.63, 3.8) is 0 Å². The van der Waals surface area contributed by atoms with Gasteiger partial charge in [-0.15, -0.1) is 11.5 Å². The molecule has 700 valence electrons. The first-order valence-corrected chi connectivity index (χ1v) is 43.3. The number of terminal acetylenes is 1. The number of rotatable bonds is 28. The van der Waals surface area contributed by atoms with Crippen molar-refractivity contribution in [1.82, 2.24) is 66.7 Å². The van der Waals surface area contributed by atoms with Crippen LogP contribution < -0.4 is 64.4 Å². The monoisotopic (exact) mass is 1870 g/mol. The molecular formula is C96H89F8N20O12+. The predicted molar refractivity (Wildman–Crippen MR) is 482 cm³/mol. The standard InChI is InChI=1S/C48H42F4N10O6.C31H29F4N5O2.C17H15N3O4.H2N2/c1-25(55-36-11-7-10-30-41(36)47(68)62(46(30)67)39-16-17-40(63)58-45(39)66)38-24-61(60-59-38)19-6-5-18-53-43(64)29-15-12-26(20-35(29)49)31-21-32-37(22-34(31)48(50,51)52)54-23-33(44(65)57-28-13-14-28)42(32)56-27-8-3-2-4-9-27;32-26-14-18(8-11-21(26)29(41)37-13-5-4-12-36)22-15-23-27(16-25(22)31(33,34)35)38-17-24(30(42)40-20-9-10-20)28(23)39-19-6-2-1-3-7-19;1-3-9(2)18-11-6-4-5-10-14(11)17(24)20(16(10)23)12-7-8-13(21)19-15(12)22;1-2/h2-4,7-12,15,20-25,28,39,55H,5-6,13-14,16-19H2,1H3,(H,53,64)(H,54,56)(H,57,65)(H,58,63,66);1-3,6-8,11,14-17,20H,4-5,9-10,12-13,36H2,(H,37,41)(H,38,39)(H,40,42);1,4-6,9,12,18H,7-8H2,2H3,(H,19,21,22);1-2H/p+1. The lowest BCUT2D eigenvalue weighted by molar-refractivity contribution is -0.249. The number of nitrogens with zero attached hydrogens (tertiary/aromatic N) is 7. The highest BCUT2D eigenvalue weighted by Crippen LogP contribution is 2.46. The molecule has 8 aromatic carbocycles. The average molecular weight is 1870 g/mol. The molecule has 4 fully saturated rings. The van der Waals surface area contributed by atoms with E-state index < -0.39 is 124 Å². The molecule has 11 aromatic rings. The highest BCUT2D eigenvalue weighted by atomic mass is 19.4. The Balaban J connectivity index is 0.000000183. The third-order valence-electron chi connectivity index (χ3n) is 23.0. The van der Waals surface area contributed by atoms with E-state index in [0.29, 0.717) is 73.8 Å². The quantitative estimate of drug-likeness (QED) is 0.00712. The summed E-state index contributed by atoms with van der Waals surface area (Å²) in [6.07, 6.45) is 5.70. The van der Waals surface area contributed by atoms with Crippen molar-refractivity contribution in [2.24, 2.45) is 5.73 Å². The number of benzene rings is 8. The van der Waals surface area contributed by atoms with Crippen LogP contribution in [0.1, 0.15) is 197 Å². The molecule has 136 heavy (non-hydrogen) atoms. The van der Waals surface area contributed by atoms with E-state index in [9.17, 15) is 83.9 Å². The van der Waals surface area contributed by atoms with Gasteiger partial charge in [0.2, 0.25) is 23.6 Å². The summed E-state index contributed by atoms with van der Waals surface area (Å²) in [7, 11) is 0. The van der Waals surface area contributed by atoms with Crippen molar-refractivity contribution >= 4 is 127 Å². The number of anilines is 6. The van der Waals surface area contributed by atoms with E-state index in [2.05, 4.69) is 84.9 Å². The number of carbonyl (C=O) groups excluding carboxylic acids is 12. The number of para-hydroxylation sites is 2. The number of aromatic nitrogens is 5. The van der Waals surface area contributed by atoms with Gasteiger partial charge in [0.05, 0.1) is 96.3 Å². The summed E-state index contributed by atoms with van der Waals surface area (Å²) in [5.74, 6) is -6.37. The van der Waals surface area contributed by atoms with Gasteiger partial charge >= 0.3 is 12.4 Å². The number of fused-ring (bicyclic) bond motifs is 4. The largest absolute Gasteiger partial charge is 0.417 e. The fourth-order valence-electron chi connectivity index (χ4n) is 15.8. The number of pyridine rings is 2. The van der Waals surface area contributed by atoms with Crippen LogP contribution in [0, 0.1) is 29.5 Å². The van der Waals surface area contributed by atoms with Crippen molar-refractivity contribution in [3.05, 3.63) is 249 Å². The molecule has 4 unspecified atom stereocenters. The molecule has 17 rings (SSSR count). The van der Waals surface area contributed by atoms with Gasteiger partial charge in [0.15, 0.2) is 0 Å². The van der Waals surface area contributed by atoms with Crippen LogP contribution in [-0.2, 0) is 38.1 Å². The maximum atomic E-state index is 15.7. The Bertz CT molecular complexity index is 6630. The average Bonchev–Trinajstić information content (AvgIpc) is 1.54. The van der Waals surface area contributed by atoms with Crippen LogP contribution in [0.3, 0.4) is 0 Å². The van der Waals surface area contributed by atoms with Crippen LogP contribution in [0.4, 0.5) is 69.2 Å². The second kappa shape index (κ2) is 41.4. The van der Waals surface area contributed by atoms with E-state index in [1.54, 1.807) is 104 Å². The van der Waals surface area contributed by atoms with Gasteiger partial charge in [-0.05, 0) is 204 Å². The number of halogens is 8. The molecule has 7 heterocycles. The smallest absolute Gasteiger partial charge is 0.376 e. The topological polar surface area (TPSA) is 464 Å². The molecule has 2 saturated carbocycles. The van der Waals surface area contributed by atoms with Crippen molar-refractivity contribution in [2.75, 3.05) is 40.9 Å². The lowest BCUT2D eigenvalue weighted by atomic mass is 9.94. The van der Waals surface area contributed by atoms with Gasteiger partial charge in [-0.1, -0.05) is 77.3 Å². The zero-order chi connectivity index (χ0) is 97.1. The highest BCUT2D eigenvalue weighted by Gasteiger charge is 2.48. The highest BCUT2D eigenvalue weighted by molar-refractivity contribution is 6.27. The maximum absolute atomic E-state index is 15.7. The first-order valence-electron chi connectivity index (χ1n) is 43.3. The van der Waals surface area contributed by atoms with E-state index in [1.807, 2.05) is 6.07 Å². The third-order valence-corrected chi connectivity index (χ3v) is 23.0. The second-order valence-electron chi connectivity index (χ2n) is 32.7. The Hall–Kier alpha value is -16.1. The molecular weight excluding hydrogens is 1780 g/mol. The molecule has 40 heteroatoms. The second-order valence-corrected chi connectivity index (χ2v) is 32.7. The first-order chi connectivity index (χ1) is 65.2. The summed E-state index contributed by atoms with van der Waals surface area (Å²) in [6.45, 7) is 4.82. The number of nitrogens with one attached hydrogen (secondary N) is 11. The molecule has 0 radical (unpaired) electrons. The summed E-state index contributed by atoms with van der Waals surface area (Å²) in [6, 6.07) is 35.2. The van der Waals surface area contributed by atoms with Crippen LogP contribution in [0.2, 0.25) is 0 Å². The SMILES string of the molecule is C#CC(C)Nc1cccc2c1C(=O)N(C1CCC(=O)NC1=O)C2=O.CC(Nc1cccc2c1C(=O)N(C1CCC(=O)NC1=O)C2=O)c1cn(CCCCNC(=O)c2ccc(-c3cc4c(Nc5ccccc5)c(C(=O)NC5CC5)cnc4cc3C(F)(F)F)cc2F)nn1.N=[NH2+].NCCCCNC(=O)c1ccc(-c2cc3c(Nc4ccccc4)c(C(=O)NC4CC4)cnc3cc2C(F)(F)F)cc1F. The molecule has 4 atom stereocenters.